The highest BCUT2D eigenvalue weighted by molar-refractivity contribution is 6.31. The number of hydrogen-bond acceptors (Lipinski definition) is 6. The lowest BCUT2D eigenvalue weighted by atomic mass is 10.1. The summed E-state index contributed by atoms with van der Waals surface area (Å²) in [6, 6.07) is 13.7. The highest BCUT2D eigenvalue weighted by Crippen LogP contribution is 2.20. The predicted molar refractivity (Wildman–Crippen MR) is 126 cm³/mol. The molecule has 1 aromatic carbocycles. The van der Waals surface area contributed by atoms with Crippen molar-refractivity contribution in [3.05, 3.63) is 77.0 Å². The maximum absolute atomic E-state index is 12.7. The molecule has 0 atom stereocenters. The van der Waals surface area contributed by atoms with Crippen LogP contribution in [0.3, 0.4) is 0 Å². The first-order chi connectivity index (χ1) is 16.1. The van der Waals surface area contributed by atoms with E-state index in [1.807, 2.05) is 64.9 Å². The van der Waals surface area contributed by atoms with Crippen LogP contribution < -0.4 is 0 Å². The van der Waals surface area contributed by atoms with Gasteiger partial charge in [0.2, 0.25) is 17.6 Å². The number of imidazole rings is 1. The molecule has 1 aliphatic heterocycles. The normalized spacial score (nSPS) is 15.0. The third kappa shape index (κ3) is 4.67. The zero-order chi connectivity index (χ0) is 22.8. The first kappa shape index (κ1) is 21.4. The van der Waals surface area contributed by atoms with Gasteiger partial charge in [-0.2, -0.15) is 4.98 Å². The molecule has 0 saturated carbocycles. The van der Waals surface area contributed by atoms with Crippen molar-refractivity contribution in [2.75, 3.05) is 26.2 Å². The standard InChI is InChI=1S/C24H23ClN6O2/c1-17-5-7-18(8-6-17)24-27-21(33-28-24)16-29-12-14-30(15-13-29)22(32)10-9-19-23(25)26-20-4-2-3-11-31(19)20/h2-11H,12-16H2,1H3/b10-9+. The molecule has 0 bridgehead atoms. The molecule has 4 heterocycles. The number of pyridine rings is 1. The van der Waals surface area contributed by atoms with Crippen molar-refractivity contribution < 1.29 is 9.32 Å². The number of piperazine rings is 1. The van der Waals surface area contributed by atoms with Gasteiger partial charge in [-0.15, -0.1) is 0 Å². The summed E-state index contributed by atoms with van der Waals surface area (Å²) in [6.45, 7) is 5.33. The van der Waals surface area contributed by atoms with Crippen LogP contribution in [0.15, 0.2) is 59.3 Å². The Bertz CT molecular complexity index is 1300. The lowest BCUT2D eigenvalue weighted by molar-refractivity contribution is -0.127. The van der Waals surface area contributed by atoms with Gasteiger partial charge in [-0.1, -0.05) is 52.7 Å². The molecule has 0 radical (unpaired) electrons. The van der Waals surface area contributed by atoms with Crippen molar-refractivity contribution in [3.8, 4) is 11.4 Å². The van der Waals surface area contributed by atoms with Gasteiger partial charge in [-0.25, -0.2) is 4.98 Å². The number of halogens is 1. The highest BCUT2D eigenvalue weighted by Gasteiger charge is 2.22. The quantitative estimate of drug-likeness (QED) is 0.421. The van der Waals surface area contributed by atoms with Crippen LogP contribution in [0.5, 0.6) is 0 Å². The molecule has 0 aliphatic carbocycles. The summed E-state index contributed by atoms with van der Waals surface area (Å²) in [7, 11) is 0. The molecular formula is C24H23ClN6O2. The smallest absolute Gasteiger partial charge is 0.246 e. The second-order valence-corrected chi connectivity index (χ2v) is 8.39. The second-order valence-electron chi connectivity index (χ2n) is 8.03. The second kappa shape index (κ2) is 9.17. The average molecular weight is 463 g/mol. The maximum Gasteiger partial charge on any atom is 0.246 e. The predicted octanol–water partition coefficient (Wildman–Crippen LogP) is 3.70. The Morgan fingerprint density at radius 2 is 1.88 bits per heavy atom. The monoisotopic (exact) mass is 462 g/mol. The molecule has 9 heteroatoms. The zero-order valence-corrected chi connectivity index (χ0v) is 18.9. The molecule has 1 fully saturated rings. The molecule has 0 N–H and O–H groups in total. The van der Waals surface area contributed by atoms with E-state index in [-0.39, 0.29) is 5.91 Å². The van der Waals surface area contributed by atoms with Crippen LogP contribution in [0.4, 0.5) is 0 Å². The molecule has 33 heavy (non-hydrogen) atoms. The first-order valence-corrected chi connectivity index (χ1v) is 11.2. The minimum Gasteiger partial charge on any atom is -0.338 e. The third-order valence-electron chi connectivity index (χ3n) is 5.73. The minimum absolute atomic E-state index is 0.0453. The van der Waals surface area contributed by atoms with Crippen molar-refractivity contribution in [1.82, 2.24) is 29.3 Å². The molecular weight excluding hydrogens is 440 g/mol. The van der Waals surface area contributed by atoms with Crippen LogP contribution in [0.1, 0.15) is 17.1 Å². The number of aromatic nitrogens is 4. The average Bonchev–Trinajstić information content (AvgIpc) is 3.42. The van der Waals surface area contributed by atoms with Gasteiger partial charge >= 0.3 is 0 Å². The molecule has 3 aromatic heterocycles. The van der Waals surface area contributed by atoms with E-state index >= 15 is 0 Å². The van der Waals surface area contributed by atoms with Crippen LogP contribution >= 0.6 is 11.6 Å². The number of amides is 1. The summed E-state index contributed by atoms with van der Waals surface area (Å²) in [6.07, 6.45) is 5.16. The van der Waals surface area contributed by atoms with Crippen LogP contribution in [-0.4, -0.2) is 61.4 Å². The van der Waals surface area contributed by atoms with Crippen molar-refractivity contribution >= 4 is 29.2 Å². The zero-order valence-electron chi connectivity index (χ0n) is 18.2. The van der Waals surface area contributed by atoms with E-state index in [1.54, 1.807) is 12.2 Å². The Balaban J connectivity index is 1.16. The third-order valence-corrected chi connectivity index (χ3v) is 6.00. The fraction of sp³-hybridized carbons (Fsp3) is 0.250. The summed E-state index contributed by atoms with van der Waals surface area (Å²) in [5.41, 5.74) is 3.56. The van der Waals surface area contributed by atoms with E-state index in [0.29, 0.717) is 42.2 Å². The van der Waals surface area contributed by atoms with Gasteiger partial charge in [-0.3, -0.25) is 14.1 Å². The van der Waals surface area contributed by atoms with Gasteiger partial charge < -0.3 is 9.42 Å². The summed E-state index contributed by atoms with van der Waals surface area (Å²) in [5.74, 6) is 1.12. The Hall–Kier alpha value is -3.49. The minimum atomic E-state index is -0.0453. The molecule has 5 rings (SSSR count). The molecule has 0 unspecified atom stereocenters. The number of aryl methyl sites for hydroxylation is 1. The number of rotatable bonds is 5. The van der Waals surface area contributed by atoms with E-state index in [1.165, 1.54) is 5.56 Å². The van der Waals surface area contributed by atoms with Gasteiger partial charge in [-0.05, 0) is 25.1 Å². The largest absolute Gasteiger partial charge is 0.338 e. The molecule has 1 amide bonds. The molecule has 0 spiro atoms. The maximum atomic E-state index is 12.7. The number of carbonyl (C=O) groups excluding carboxylic acids is 1. The van der Waals surface area contributed by atoms with Gasteiger partial charge in [0.25, 0.3) is 0 Å². The summed E-state index contributed by atoms with van der Waals surface area (Å²) >= 11 is 6.25. The van der Waals surface area contributed by atoms with Crippen molar-refractivity contribution in [2.45, 2.75) is 13.5 Å². The molecule has 168 valence electrons. The van der Waals surface area contributed by atoms with Gasteiger partial charge in [0.15, 0.2) is 5.15 Å². The number of benzene rings is 1. The van der Waals surface area contributed by atoms with E-state index in [9.17, 15) is 4.79 Å². The molecule has 1 saturated heterocycles. The lowest BCUT2D eigenvalue weighted by Crippen LogP contribution is -2.47. The number of fused-ring (bicyclic) bond motifs is 1. The Morgan fingerprint density at radius 1 is 1.09 bits per heavy atom. The fourth-order valence-corrected chi connectivity index (χ4v) is 4.09. The van der Waals surface area contributed by atoms with Crippen LogP contribution in [0, 0.1) is 6.92 Å². The molecule has 4 aromatic rings. The summed E-state index contributed by atoms with van der Waals surface area (Å²) in [4.78, 5) is 25.6. The number of carbonyl (C=O) groups is 1. The molecule has 1 aliphatic rings. The Labute approximate surface area is 196 Å². The van der Waals surface area contributed by atoms with Gasteiger partial charge in [0.05, 0.1) is 12.2 Å². The van der Waals surface area contributed by atoms with Crippen molar-refractivity contribution in [2.24, 2.45) is 0 Å². The number of hydrogen-bond donors (Lipinski definition) is 0. The van der Waals surface area contributed by atoms with Crippen LogP contribution in [-0.2, 0) is 11.3 Å². The van der Waals surface area contributed by atoms with E-state index < -0.39 is 0 Å². The van der Waals surface area contributed by atoms with Crippen molar-refractivity contribution in [1.29, 1.82) is 0 Å². The van der Waals surface area contributed by atoms with E-state index in [0.717, 1.165) is 24.3 Å². The SMILES string of the molecule is Cc1ccc(-c2noc(CN3CCN(C(=O)/C=C/c4c(Cl)nc5ccccn45)CC3)n2)cc1. The summed E-state index contributed by atoms with van der Waals surface area (Å²) < 4.78 is 7.30. The lowest BCUT2D eigenvalue weighted by Gasteiger charge is -2.33. The number of nitrogens with zero attached hydrogens (tertiary/aromatic N) is 6. The first-order valence-electron chi connectivity index (χ1n) is 10.8. The molecule has 8 nitrogen and oxygen atoms in total. The van der Waals surface area contributed by atoms with E-state index in [4.69, 9.17) is 16.1 Å². The van der Waals surface area contributed by atoms with Crippen LogP contribution in [0.2, 0.25) is 5.15 Å². The highest BCUT2D eigenvalue weighted by atomic mass is 35.5. The topological polar surface area (TPSA) is 79.8 Å². The van der Waals surface area contributed by atoms with Crippen LogP contribution in [0.25, 0.3) is 23.1 Å². The fourth-order valence-electron chi connectivity index (χ4n) is 3.85. The van der Waals surface area contributed by atoms with Gasteiger partial charge in [0.1, 0.15) is 5.65 Å². The van der Waals surface area contributed by atoms with Crippen molar-refractivity contribution in [3.63, 3.8) is 0 Å². The Morgan fingerprint density at radius 3 is 2.67 bits per heavy atom. The van der Waals surface area contributed by atoms with Gasteiger partial charge in [0, 0.05) is 44.0 Å². The van der Waals surface area contributed by atoms with E-state index in [2.05, 4.69) is 20.0 Å². The Kier molecular flexibility index (Phi) is 5.93. The summed E-state index contributed by atoms with van der Waals surface area (Å²) in [5, 5.41) is 4.47.